The van der Waals surface area contributed by atoms with E-state index in [1.807, 2.05) is 0 Å². The minimum atomic E-state index is -0.596. The van der Waals surface area contributed by atoms with Crippen LogP contribution in [0.1, 0.15) is 28.5 Å². The molecule has 1 aromatic carbocycles. The number of fused-ring (bicyclic) bond motifs is 1. The second kappa shape index (κ2) is 3.96. The molecule has 1 saturated carbocycles. The number of rotatable bonds is 3. The Balaban J connectivity index is 1.55. The van der Waals surface area contributed by atoms with Gasteiger partial charge in [0.05, 0.1) is 0 Å². The highest BCUT2D eigenvalue weighted by Gasteiger charge is 2.46. The lowest BCUT2D eigenvalue weighted by Crippen LogP contribution is -2.04. The summed E-state index contributed by atoms with van der Waals surface area (Å²) in [7, 11) is 0. The molecule has 0 radical (unpaired) electrons. The Hall–Kier alpha value is -2.57. The number of nitrogens with zero attached hydrogens (tertiary/aromatic N) is 1. The number of Topliss-reactive ketones (excluding diaryl/α,β-unsaturated/α-hetero) is 1. The molecule has 1 N–H and O–H groups in total. The quantitative estimate of drug-likeness (QED) is 0.841. The van der Waals surface area contributed by atoms with Gasteiger partial charge in [0, 0.05) is 17.4 Å². The third-order valence-electron chi connectivity index (χ3n) is 3.59. The highest BCUT2D eigenvalue weighted by atomic mass is 16.7. The molecule has 7 nitrogen and oxygen atoms in total. The molecule has 0 bridgehead atoms. The van der Waals surface area contributed by atoms with Crippen molar-refractivity contribution in [1.82, 2.24) is 10.1 Å². The van der Waals surface area contributed by atoms with E-state index in [1.54, 1.807) is 18.2 Å². The normalized spacial score (nSPS) is 22.8. The minimum absolute atomic E-state index is 0.0112. The van der Waals surface area contributed by atoms with E-state index in [0.29, 0.717) is 29.3 Å². The van der Waals surface area contributed by atoms with Gasteiger partial charge in [-0.25, -0.2) is 4.79 Å². The van der Waals surface area contributed by atoms with E-state index in [1.165, 1.54) is 0 Å². The first-order valence-electron chi connectivity index (χ1n) is 6.22. The van der Waals surface area contributed by atoms with Gasteiger partial charge < -0.3 is 9.47 Å². The number of ketones is 1. The van der Waals surface area contributed by atoms with E-state index in [4.69, 9.17) is 9.47 Å². The Morgan fingerprint density at radius 3 is 2.95 bits per heavy atom. The van der Waals surface area contributed by atoms with Crippen molar-refractivity contribution >= 4 is 5.78 Å². The van der Waals surface area contributed by atoms with Crippen LogP contribution in [0.2, 0.25) is 0 Å². The fraction of sp³-hybridized carbons (Fsp3) is 0.308. The van der Waals surface area contributed by atoms with Crippen LogP contribution in [0, 0.1) is 5.92 Å². The second-order valence-electron chi connectivity index (χ2n) is 4.86. The van der Waals surface area contributed by atoms with Crippen molar-refractivity contribution in [3.8, 4) is 11.5 Å². The molecule has 1 fully saturated rings. The largest absolute Gasteiger partial charge is 0.454 e. The lowest BCUT2D eigenvalue weighted by molar-refractivity contribution is 0.0964. The second-order valence-corrected chi connectivity index (χ2v) is 4.86. The molecule has 0 unspecified atom stereocenters. The summed E-state index contributed by atoms with van der Waals surface area (Å²) in [5, 5.41) is 3.62. The van der Waals surface area contributed by atoms with E-state index in [2.05, 4.69) is 14.7 Å². The van der Waals surface area contributed by atoms with Crippen molar-refractivity contribution in [3.05, 3.63) is 40.1 Å². The standard InChI is InChI=1S/C13H10N2O5/c16-11(6-1-2-9-10(3-6)19-5-18-9)7-4-8(7)12-14-13(17)20-15-12/h1-3,7-8H,4-5H2,(H,14,15,17)/t7-,8-/m0/s1. The monoisotopic (exact) mass is 274 g/mol. The van der Waals surface area contributed by atoms with Gasteiger partial charge >= 0.3 is 5.76 Å². The molecule has 20 heavy (non-hydrogen) atoms. The van der Waals surface area contributed by atoms with E-state index >= 15 is 0 Å². The van der Waals surface area contributed by atoms with Gasteiger partial charge in [0.25, 0.3) is 0 Å². The Bertz CT molecular complexity index is 747. The Kier molecular flexibility index (Phi) is 2.23. The third-order valence-corrected chi connectivity index (χ3v) is 3.59. The predicted molar refractivity (Wildman–Crippen MR) is 64.9 cm³/mol. The van der Waals surface area contributed by atoms with Crippen molar-refractivity contribution < 1.29 is 18.8 Å². The Morgan fingerprint density at radius 1 is 1.30 bits per heavy atom. The first-order chi connectivity index (χ1) is 9.72. The molecule has 7 heteroatoms. The van der Waals surface area contributed by atoms with Crippen LogP contribution in [0.15, 0.2) is 27.5 Å². The SMILES string of the molecule is O=C(c1ccc2c(c1)OCO2)[C@H]1C[C@@H]1c1noc(=O)[nH]1. The summed E-state index contributed by atoms with van der Waals surface area (Å²) in [6.45, 7) is 0.180. The average molecular weight is 274 g/mol. The zero-order chi connectivity index (χ0) is 13.7. The summed E-state index contributed by atoms with van der Waals surface area (Å²) >= 11 is 0. The molecule has 2 aromatic rings. The van der Waals surface area contributed by atoms with Gasteiger partial charge in [-0.15, -0.1) is 0 Å². The number of aromatic amines is 1. The van der Waals surface area contributed by atoms with Gasteiger partial charge in [-0.2, -0.15) is 0 Å². The van der Waals surface area contributed by atoms with E-state index in [0.717, 1.165) is 0 Å². The van der Waals surface area contributed by atoms with Crippen LogP contribution in [-0.2, 0) is 0 Å². The molecule has 102 valence electrons. The van der Waals surface area contributed by atoms with Crippen molar-refractivity contribution in [2.24, 2.45) is 5.92 Å². The molecule has 2 atom stereocenters. The van der Waals surface area contributed by atoms with Gasteiger partial charge in [0.2, 0.25) is 6.79 Å². The first kappa shape index (κ1) is 11.3. The van der Waals surface area contributed by atoms with Crippen LogP contribution in [0.5, 0.6) is 11.5 Å². The Morgan fingerprint density at radius 2 is 2.15 bits per heavy atom. The first-order valence-corrected chi connectivity index (χ1v) is 6.22. The minimum Gasteiger partial charge on any atom is -0.454 e. The molecule has 0 amide bonds. The van der Waals surface area contributed by atoms with E-state index in [9.17, 15) is 9.59 Å². The molecular formula is C13H10N2O5. The van der Waals surface area contributed by atoms with Gasteiger partial charge in [-0.05, 0) is 24.6 Å². The van der Waals surface area contributed by atoms with Gasteiger partial charge in [0.15, 0.2) is 23.1 Å². The molecule has 1 aliphatic heterocycles. The van der Waals surface area contributed by atoms with E-state index < -0.39 is 5.76 Å². The average Bonchev–Trinajstić information content (AvgIpc) is 2.90. The van der Waals surface area contributed by atoms with Crippen molar-refractivity contribution in [3.63, 3.8) is 0 Å². The fourth-order valence-electron chi connectivity index (χ4n) is 2.45. The fourth-order valence-corrected chi connectivity index (χ4v) is 2.45. The summed E-state index contributed by atoms with van der Waals surface area (Å²) in [5.74, 6) is 0.848. The molecule has 2 aliphatic rings. The number of ether oxygens (including phenoxy) is 2. The predicted octanol–water partition coefficient (Wildman–Crippen LogP) is 1.08. The highest BCUT2D eigenvalue weighted by molar-refractivity contribution is 6.00. The number of benzene rings is 1. The van der Waals surface area contributed by atoms with Crippen LogP contribution in [0.3, 0.4) is 0 Å². The summed E-state index contributed by atoms with van der Waals surface area (Å²) < 4.78 is 14.9. The van der Waals surface area contributed by atoms with Gasteiger partial charge in [-0.3, -0.25) is 14.3 Å². The maximum Gasteiger partial charge on any atom is 0.438 e. The van der Waals surface area contributed by atoms with Crippen LogP contribution < -0.4 is 15.2 Å². The molecule has 4 rings (SSSR count). The van der Waals surface area contributed by atoms with Crippen molar-refractivity contribution in [2.75, 3.05) is 6.79 Å². The summed E-state index contributed by atoms with van der Waals surface area (Å²) in [4.78, 5) is 25.7. The third kappa shape index (κ3) is 1.70. The number of hydrogen-bond acceptors (Lipinski definition) is 6. The van der Waals surface area contributed by atoms with Gasteiger partial charge in [-0.1, -0.05) is 5.16 Å². The molecule has 1 aliphatic carbocycles. The lowest BCUT2D eigenvalue weighted by Gasteiger charge is -2.01. The smallest absolute Gasteiger partial charge is 0.438 e. The Labute approximate surface area is 112 Å². The van der Waals surface area contributed by atoms with Crippen LogP contribution in [0.25, 0.3) is 0 Å². The maximum atomic E-state index is 12.4. The number of hydrogen-bond donors (Lipinski definition) is 1. The lowest BCUT2D eigenvalue weighted by atomic mass is 10.1. The summed E-state index contributed by atoms with van der Waals surface area (Å²) in [5.41, 5.74) is 0.576. The van der Waals surface area contributed by atoms with Crippen LogP contribution >= 0.6 is 0 Å². The number of carbonyl (C=O) groups excluding carboxylic acids is 1. The molecule has 0 spiro atoms. The van der Waals surface area contributed by atoms with Crippen LogP contribution in [-0.4, -0.2) is 22.7 Å². The summed E-state index contributed by atoms with van der Waals surface area (Å²) in [6.07, 6.45) is 0.662. The molecule has 0 saturated heterocycles. The number of aromatic nitrogens is 2. The molecular weight excluding hydrogens is 264 g/mol. The summed E-state index contributed by atoms with van der Waals surface area (Å²) in [6, 6.07) is 5.13. The number of carbonyl (C=O) groups is 1. The highest BCUT2D eigenvalue weighted by Crippen LogP contribution is 2.48. The maximum absolute atomic E-state index is 12.4. The van der Waals surface area contributed by atoms with E-state index in [-0.39, 0.29) is 24.4 Å². The number of nitrogens with one attached hydrogen (secondary N) is 1. The molecule has 1 aromatic heterocycles. The van der Waals surface area contributed by atoms with Gasteiger partial charge in [0.1, 0.15) is 0 Å². The van der Waals surface area contributed by atoms with Crippen molar-refractivity contribution in [1.29, 1.82) is 0 Å². The van der Waals surface area contributed by atoms with Crippen molar-refractivity contribution in [2.45, 2.75) is 12.3 Å². The zero-order valence-corrected chi connectivity index (χ0v) is 10.3. The van der Waals surface area contributed by atoms with Crippen LogP contribution in [0.4, 0.5) is 0 Å². The zero-order valence-electron chi connectivity index (χ0n) is 10.3. The molecule has 2 heterocycles. The topological polar surface area (TPSA) is 94.4 Å². The number of H-pyrrole nitrogens is 1.